The second-order valence-corrected chi connectivity index (χ2v) is 8.32. The molecule has 1 N–H and O–H groups in total. The fraction of sp³-hybridized carbons (Fsp3) is 0.370. The number of benzene rings is 2. The number of amides is 2. The van der Waals surface area contributed by atoms with E-state index in [-0.39, 0.29) is 12.1 Å². The average molecular weight is 447 g/mol. The molecule has 0 radical (unpaired) electrons. The van der Waals surface area contributed by atoms with E-state index in [1.54, 1.807) is 14.2 Å². The first kappa shape index (κ1) is 24.2. The number of ether oxygens (including phenoxy) is 1. The number of methoxy groups -OCH3 is 1. The van der Waals surface area contributed by atoms with Gasteiger partial charge >= 0.3 is 6.03 Å². The summed E-state index contributed by atoms with van der Waals surface area (Å²) in [5.74, 6) is 0.762. The van der Waals surface area contributed by atoms with E-state index in [2.05, 4.69) is 54.5 Å². The van der Waals surface area contributed by atoms with Crippen LogP contribution in [0.3, 0.4) is 0 Å². The van der Waals surface area contributed by atoms with Crippen molar-refractivity contribution >= 4 is 23.0 Å². The Morgan fingerprint density at radius 3 is 2.48 bits per heavy atom. The van der Waals surface area contributed by atoms with E-state index < -0.39 is 0 Å². The Morgan fingerprint density at radius 1 is 1.21 bits per heavy atom. The van der Waals surface area contributed by atoms with Gasteiger partial charge in [0.2, 0.25) is 0 Å². The molecule has 33 heavy (non-hydrogen) atoms. The molecule has 0 saturated heterocycles. The zero-order valence-electron chi connectivity index (χ0n) is 20.7. The number of nitrogens with one attached hydrogen (secondary N) is 1. The van der Waals surface area contributed by atoms with E-state index >= 15 is 0 Å². The van der Waals surface area contributed by atoms with Crippen molar-refractivity contribution in [3.8, 4) is 5.75 Å². The van der Waals surface area contributed by atoms with Crippen LogP contribution in [-0.4, -0.2) is 49.7 Å². The molecule has 1 aliphatic heterocycles. The Bertz CT molecular complexity index is 1110. The van der Waals surface area contributed by atoms with Crippen LogP contribution < -0.4 is 10.1 Å². The van der Waals surface area contributed by atoms with Gasteiger partial charge in [0.15, 0.2) is 0 Å². The standard InChI is InChI=1S/C27H34N4O2/c1-8-17(2)25(19(4)28-5)20-9-11-21(12-10-20)26-24-16-23(33-7)14-13-22(24)15-18(3)31(30-26)27(32)29-6/h9-14,16,18H,8,15H2,1-7H3,(H,29,32)/b25-17+,28-19?. The third-order valence-electron chi connectivity index (χ3n) is 6.24. The molecule has 1 aliphatic rings. The van der Waals surface area contributed by atoms with E-state index in [0.717, 1.165) is 45.8 Å². The highest BCUT2D eigenvalue weighted by atomic mass is 16.5. The summed E-state index contributed by atoms with van der Waals surface area (Å²) in [6.07, 6.45) is 1.66. The number of hydrogen-bond donors (Lipinski definition) is 1. The number of aliphatic imine (C=N–C) groups is 1. The number of carbonyl (C=O) groups is 1. The highest BCUT2D eigenvalue weighted by molar-refractivity contribution is 6.23. The van der Waals surface area contributed by atoms with Crippen LogP contribution in [0.4, 0.5) is 4.79 Å². The second kappa shape index (κ2) is 10.5. The zero-order valence-corrected chi connectivity index (χ0v) is 20.7. The molecule has 0 fully saturated rings. The van der Waals surface area contributed by atoms with E-state index in [9.17, 15) is 4.79 Å². The lowest BCUT2D eigenvalue weighted by atomic mass is 9.91. The fourth-order valence-electron chi connectivity index (χ4n) is 4.17. The van der Waals surface area contributed by atoms with Gasteiger partial charge in [-0.05, 0) is 56.9 Å². The summed E-state index contributed by atoms with van der Waals surface area (Å²) < 4.78 is 5.49. The normalized spacial score (nSPS) is 16.9. The summed E-state index contributed by atoms with van der Waals surface area (Å²) in [7, 11) is 5.11. The molecule has 0 saturated carbocycles. The van der Waals surface area contributed by atoms with Crippen molar-refractivity contribution in [2.45, 2.75) is 46.6 Å². The molecular weight excluding hydrogens is 412 g/mol. The SMILES string of the molecule is CC/C(C)=C(\C(C)=NC)c1ccc(C2=NN(C(=O)NC)C(C)Cc3ccc(OC)cc32)cc1. The van der Waals surface area contributed by atoms with Crippen molar-refractivity contribution in [1.29, 1.82) is 0 Å². The number of hydrogen-bond acceptors (Lipinski definition) is 4. The lowest BCUT2D eigenvalue weighted by molar-refractivity contribution is 0.184. The van der Waals surface area contributed by atoms with E-state index in [1.165, 1.54) is 16.2 Å². The summed E-state index contributed by atoms with van der Waals surface area (Å²) in [5.41, 5.74) is 8.42. The predicted molar refractivity (Wildman–Crippen MR) is 136 cm³/mol. The van der Waals surface area contributed by atoms with Crippen molar-refractivity contribution < 1.29 is 9.53 Å². The molecule has 0 aromatic heterocycles. The Balaban J connectivity index is 2.17. The molecule has 1 heterocycles. The van der Waals surface area contributed by atoms with Crippen LogP contribution in [0.1, 0.15) is 56.4 Å². The van der Waals surface area contributed by atoms with Gasteiger partial charge in [0, 0.05) is 36.5 Å². The predicted octanol–water partition coefficient (Wildman–Crippen LogP) is 5.31. The molecule has 0 bridgehead atoms. The topological polar surface area (TPSA) is 66.3 Å². The number of hydrazone groups is 1. The summed E-state index contributed by atoms with van der Waals surface area (Å²) >= 11 is 0. The third kappa shape index (κ3) is 5.00. The smallest absolute Gasteiger partial charge is 0.337 e. The molecule has 174 valence electrons. The maximum absolute atomic E-state index is 12.6. The number of carbonyl (C=O) groups excluding carboxylic acids is 1. The number of allylic oxidation sites excluding steroid dienone is 2. The monoisotopic (exact) mass is 446 g/mol. The van der Waals surface area contributed by atoms with Gasteiger partial charge in [0.25, 0.3) is 0 Å². The highest BCUT2D eigenvalue weighted by Crippen LogP contribution is 2.29. The largest absolute Gasteiger partial charge is 0.497 e. The number of rotatable bonds is 5. The van der Waals surface area contributed by atoms with Gasteiger partial charge in [-0.2, -0.15) is 5.10 Å². The number of urea groups is 1. The second-order valence-electron chi connectivity index (χ2n) is 8.32. The number of nitrogens with zero attached hydrogens (tertiary/aromatic N) is 3. The van der Waals surface area contributed by atoms with Crippen molar-refractivity contribution in [2.75, 3.05) is 21.2 Å². The molecular formula is C27H34N4O2. The minimum absolute atomic E-state index is 0.0842. The average Bonchev–Trinajstić information content (AvgIpc) is 2.99. The van der Waals surface area contributed by atoms with Gasteiger partial charge in [-0.15, -0.1) is 0 Å². The molecule has 0 spiro atoms. The molecule has 6 nitrogen and oxygen atoms in total. The molecule has 1 unspecified atom stereocenters. The molecule has 1 atom stereocenters. The highest BCUT2D eigenvalue weighted by Gasteiger charge is 2.27. The van der Waals surface area contributed by atoms with Crippen molar-refractivity contribution in [2.24, 2.45) is 10.1 Å². The maximum Gasteiger partial charge on any atom is 0.337 e. The quantitative estimate of drug-likeness (QED) is 0.633. The van der Waals surface area contributed by atoms with Gasteiger partial charge in [-0.1, -0.05) is 42.8 Å². The Hall–Kier alpha value is -3.41. The van der Waals surface area contributed by atoms with Crippen LogP contribution >= 0.6 is 0 Å². The Labute approximate surface area is 197 Å². The van der Waals surface area contributed by atoms with Crippen molar-refractivity contribution in [3.05, 3.63) is 70.3 Å². The minimum atomic E-state index is -0.227. The van der Waals surface area contributed by atoms with Crippen LogP contribution in [0.2, 0.25) is 0 Å². The van der Waals surface area contributed by atoms with Crippen molar-refractivity contribution in [1.82, 2.24) is 10.3 Å². The summed E-state index contributed by atoms with van der Waals surface area (Å²) in [5, 5.41) is 9.09. The summed E-state index contributed by atoms with van der Waals surface area (Å²) in [6, 6.07) is 14.1. The van der Waals surface area contributed by atoms with Crippen LogP contribution in [0.15, 0.2) is 58.1 Å². The number of fused-ring (bicyclic) bond motifs is 1. The van der Waals surface area contributed by atoms with Gasteiger partial charge < -0.3 is 10.1 Å². The first-order chi connectivity index (χ1) is 15.8. The third-order valence-corrected chi connectivity index (χ3v) is 6.24. The molecule has 2 amide bonds. The van der Waals surface area contributed by atoms with Crippen LogP contribution in [-0.2, 0) is 6.42 Å². The molecule has 6 heteroatoms. The minimum Gasteiger partial charge on any atom is -0.497 e. The zero-order chi connectivity index (χ0) is 24.1. The van der Waals surface area contributed by atoms with Crippen LogP contribution in [0, 0.1) is 0 Å². The Morgan fingerprint density at radius 2 is 1.91 bits per heavy atom. The van der Waals surface area contributed by atoms with E-state index in [1.807, 2.05) is 33.0 Å². The van der Waals surface area contributed by atoms with Crippen LogP contribution in [0.25, 0.3) is 5.57 Å². The lowest BCUT2D eigenvalue weighted by Crippen LogP contribution is -2.41. The molecule has 2 aromatic rings. The Kier molecular flexibility index (Phi) is 7.69. The fourth-order valence-corrected chi connectivity index (χ4v) is 4.17. The first-order valence-electron chi connectivity index (χ1n) is 11.4. The molecule has 3 rings (SSSR count). The molecule has 0 aliphatic carbocycles. The maximum atomic E-state index is 12.6. The van der Waals surface area contributed by atoms with E-state index in [4.69, 9.17) is 9.84 Å². The van der Waals surface area contributed by atoms with Gasteiger partial charge in [-0.3, -0.25) is 4.99 Å². The van der Waals surface area contributed by atoms with Crippen LogP contribution in [0.5, 0.6) is 5.75 Å². The summed E-state index contributed by atoms with van der Waals surface area (Å²) in [4.78, 5) is 17.0. The van der Waals surface area contributed by atoms with Gasteiger partial charge in [0.05, 0.1) is 18.9 Å². The van der Waals surface area contributed by atoms with Crippen molar-refractivity contribution in [3.63, 3.8) is 0 Å². The molecule has 2 aromatic carbocycles. The summed E-state index contributed by atoms with van der Waals surface area (Å²) in [6.45, 7) is 8.36. The van der Waals surface area contributed by atoms with Gasteiger partial charge in [-0.25, -0.2) is 9.80 Å². The first-order valence-corrected chi connectivity index (χ1v) is 11.4. The van der Waals surface area contributed by atoms with E-state index in [0.29, 0.717) is 6.42 Å². The van der Waals surface area contributed by atoms with Gasteiger partial charge in [0.1, 0.15) is 5.75 Å². The lowest BCUT2D eigenvalue weighted by Gasteiger charge is -2.22.